The number of fused-ring (bicyclic) bond motifs is 1. The number of hydrogen-bond acceptors (Lipinski definition) is 1. The Bertz CT molecular complexity index is 781. The molecule has 2 aromatic heterocycles. The van der Waals surface area contributed by atoms with Crippen LogP contribution in [0.15, 0.2) is 68.0 Å². The monoisotopic (exact) mass is 274 g/mol. The van der Waals surface area contributed by atoms with Gasteiger partial charge in [-0.15, -0.1) is 0 Å². The van der Waals surface area contributed by atoms with E-state index in [0.29, 0.717) is 0 Å². The fourth-order valence-corrected chi connectivity index (χ4v) is 2.50. The van der Waals surface area contributed by atoms with Crippen molar-refractivity contribution in [2.24, 2.45) is 0 Å². The Morgan fingerprint density at radius 2 is 1.71 bits per heavy atom. The van der Waals surface area contributed by atoms with Crippen LogP contribution >= 0.6 is 0 Å². The molecule has 0 radical (unpaired) electrons. The molecule has 0 aliphatic rings. The molecule has 2 nitrogen and oxygen atoms in total. The van der Waals surface area contributed by atoms with E-state index in [2.05, 4.69) is 41.3 Å². The summed E-state index contributed by atoms with van der Waals surface area (Å²) in [6.45, 7) is 8.36. The highest BCUT2D eigenvalue weighted by molar-refractivity contribution is 5.92. The van der Waals surface area contributed by atoms with Gasteiger partial charge >= 0.3 is 0 Å². The van der Waals surface area contributed by atoms with E-state index in [1.807, 2.05) is 30.5 Å². The second kappa shape index (κ2) is 5.80. The van der Waals surface area contributed by atoms with Crippen molar-refractivity contribution in [2.75, 3.05) is 0 Å². The third kappa shape index (κ3) is 2.79. The lowest BCUT2D eigenvalue weighted by Crippen LogP contribution is -1.89. The summed E-state index contributed by atoms with van der Waals surface area (Å²) in [4.78, 5) is 7.63. The Morgan fingerprint density at radius 3 is 2.52 bits per heavy atom. The van der Waals surface area contributed by atoms with Gasteiger partial charge in [-0.05, 0) is 42.2 Å². The summed E-state index contributed by atoms with van der Waals surface area (Å²) < 4.78 is 0. The van der Waals surface area contributed by atoms with Crippen molar-refractivity contribution in [1.29, 1.82) is 0 Å². The lowest BCUT2D eigenvalue weighted by atomic mass is 9.98. The predicted octanol–water partition coefficient (Wildman–Crippen LogP) is 5.07. The zero-order valence-corrected chi connectivity index (χ0v) is 12.0. The van der Waals surface area contributed by atoms with Crippen LogP contribution in [0.1, 0.15) is 24.1 Å². The first kappa shape index (κ1) is 13.4. The van der Waals surface area contributed by atoms with E-state index in [1.165, 1.54) is 10.9 Å². The molecule has 0 saturated carbocycles. The molecule has 2 heteroatoms. The third-order valence-corrected chi connectivity index (χ3v) is 3.73. The summed E-state index contributed by atoms with van der Waals surface area (Å²) in [5.74, 6) is 0. The number of rotatable bonds is 5. The number of nitrogens with one attached hydrogen (secondary N) is 1. The zero-order chi connectivity index (χ0) is 14.7. The number of H-pyrrole nitrogens is 1. The lowest BCUT2D eigenvalue weighted by molar-refractivity contribution is 1.07. The SMILES string of the molecule is C=C(CCC(=C)c1c[nH]c2ccccc12)c1ccccn1. The van der Waals surface area contributed by atoms with Gasteiger partial charge < -0.3 is 4.98 Å². The fraction of sp³-hybridized carbons (Fsp3) is 0.105. The first-order valence-corrected chi connectivity index (χ1v) is 7.09. The standard InChI is InChI=1S/C19H18N2/c1-14(10-11-15(2)18-8-5-6-12-20-18)17-13-21-19-9-4-3-7-16(17)19/h3-9,12-13,21H,1-2,10-11H2. The number of hydrogen-bond donors (Lipinski definition) is 1. The van der Waals surface area contributed by atoms with Crippen LogP contribution in [0, 0.1) is 0 Å². The van der Waals surface area contributed by atoms with E-state index >= 15 is 0 Å². The average Bonchev–Trinajstić information content (AvgIpc) is 2.97. The highest BCUT2D eigenvalue weighted by Gasteiger charge is 2.08. The number of aromatic nitrogens is 2. The van der Waals surface area contributed by atoms with Crippen molar-refractivity contribution in [2.45, 2.75) is 12.8 Å². The van der Waals surface area contributed by atoms with E-state index in [1.54, 1.807) is 6.20 Å². The van der Waals surface area contributed by atoms with Crippen molar-refractivity contribution < 1.29 is 0 Å². The molecule has 1 aromatic carbocycles. The molecule has 21 heavy (non-hydrogen) atoms. The Labute approximate surface area is 124 Å². The maximum Gasteiger partial charge on any atom is 0.0655 e. The molecule has 3 rings (SSSR count). The van der Waals surface area contributed by atoms with E-state index < -0.39 is 0 Å². The van der Waals surface area contributed by atoms with E-state index in [0.717, 1.165) is 35.2 Å². The molecular formula is C19H18N2. The summed E-state index contributed by atoms with van der Waals surface area (Å²) in [6.07, 6.45) is 5.60. The van der Waals surface area contributed by atoms with Gasteiger partial charge in [0.25, 0.3) is 0 Å². The summed E-state index contributed by atoms with van der Waals surface area (Å²) in [5, 5.41) is 1.23. The molecule has 0 fully saturated rings. The van der Waals surface area contributed by atoms with Crippen molar-refractivity contribution in [3.63, 3.8) is 0 Å². The Kier molecular flexibility index (Phi) is 3.69. The first-order chi connectivity index (χ1) is 10.3. The molecule has 2 heterocycles. The minimum atomic E-state index is 0.870. The number of para-hydroxylation sites is 1. The van der Waals surface area contributed by atoms with Gasteiger partial charge in [-0.2, -0.15) is 0 Å². The molecule has 104 valence electrons. The van der Waals surface area contributed by atoms with Gasteiger partial charge in [0.05, 0.1) is 5.69 Å². The summed E-state index contributed by atoms with van der Waals surface area (Å²) in [6, 6.07) is 14.2. The topological polar surface area (TPSA) is 28.7 Å². The molecule has 0 spiro atoms. The summed E-state index contributed by atoms with van der Waals surface area (Å²) in [5.41, 5.74) is 5.49. The Balaban J connectivity index is 1.71. The summed E-state index contributed by atoms with van der Waals surface area (Å²) in [7, 11) is 0. The van der Waals surface area contributed by atoms with Crippen molar-refractivity contribution >= 4 is 22.0 Å². The highest BCUT2D eigenvalue weighted by atomic mass is 14.7. The lowest BCUT2D eigenvalue weighted by Gasteiger charge is -2.07. The molecular weight excluding hydrogens is 256 g/mol. The third-order valence-electron chi connectivity index (χ3n) is 3.73. The van der Waals surface area contributed by atoms with Gasteiger partial charge in [0, 0.05) is 28.9 Å². The maximum absolute atomic E-state index is 4.33. The minimum Gasteiger partial charge on any atom is -0.361 e. The first-order valence-electron chi connectivity index (χ1n) is 7.09. The van der Waals surface area contributed by atoms with Gasteiger partial charge in [-0.1, -0.05) is 37.4 Å². The predicted molar refractivity (Wildman–Crippen MR) is 89.8 cm³/mol. The van der Waals surface area contributed by atoms with Crippen molar-refractivity contribution in [3.8, 4) is 0 Å². The molecule has 0 atom stereocenters. The molecule has 0 aliphatic carbocycles. The van der Waals surface area contributed by atoms with Crippen LogP contribution < -0.4 is 0 Å². The van der Waals surface area contributed by atoms with Crippen LogP contribution in [-0.2, 0) is 0 Å². The number of nitrogens with zero attached hydrogens (tertiary/aromatic N) is 1. The zero-order valence-electron chi connectivity index (χ0n) is 12.0. The van der Waals surface area contributed by atoms with E-state index in [4.69, 9.17) is 0 Å². The second-order valence-electron chi connectivity index (χ2n) is 5.17. The molecule has 1 N–H and O–H groups in total. The Hall–Kier alpha value is -2.61. The maximum atomic E-state index is 4.33. The smallest absolute Gasteiger partial charge is 0.0655 e. The van der Waals surface area contributed by atoms with Crippen molar-refractivity contribution in [1.82, 2.24) is 9.97 Å². The molecule has 0 saturated heterocycles. The Morgan fingerprint density at radius 1 is 0.952 bits per heavy atom. The van der Waals surface area contributed by atoms with Crippen LogP contribution in [0.2, 0.25) is 0 Å². The molecule has 0 bridgehead atoms. The number of pyridine rings is 1. The van der Waals surface area contributed by atoms with Crippen LogP contribution in [0.4, 0.5) is 0 Å². The van der Waals surface area contributed by atoms with Crippen LogP contribution in [0.3, 0.4) is 0 Å². The van der Waals surface area contributed by atoms with Gasteiger partial charge in [-0.25, -0.2) is 0 Å². The van der Waals surface area contributed by atoms with Gasteiger partial charge in [-0.3, -0.25) is 4.98 Å². The molecule has 0 aliphatic heterocycles. The van der Waals surface area contributed by atoms with Crippen LogP contribution in [0.25, 0.3) is 22.0 Å². The quantitative estimate of drug-likeness (QED) is 0.691. The second-order valence-corrected chi connectivity index (χ2v) is 5.17. The van der Waals surface area contributed by atoms with Gasteiger partial charge in [0.1, 0.15) is 0 Å². The largest absolute Gasteiger partial charge is 0.361 e. The van der Waals surface area contributed by atoms with Crippen LogP contribution in [-0.4, -0.2) is 9.97 Å². The van der Waals surface area contributed by atoms with Gasteiger partial charge in [0.2, 0.25) is 0 Å². The molecule has 0 amide bonds. The van der Waals surface area contributed by atoms with E-state index in [-0.39, 0.29) is 0 Å². The average molecular weight is 274 g/mol. The van der Waals surface area contributed by atoms with Crippen molar-refractivity contribution in [3.05, 3.63) is 79.3 Å². The van der Waals surface area contributed by atoms with Gasteiger partial charge in [0.15, 0.2) is 0 Å². The molecule has 3 aromatic rings. The minimum absolute atomic E-state index is 0.870. The normalized spacial score (nSPS) is 10.7. The summed E-state index contributed by atoms with van der Waals surface area (Å²) >= 11 is 0. The number of aromatic amines is 1. The van der Waals surface area contributed by atoms with Crippen LogP contribution in [0.5, 0.6) is 0 Å². The molecule has 0 unspecified atom stereocenters. The number of allylic oxidation sites excluding steroid dienone is 2. The highest BCUT2D eigenvalue weighted by Crippen LogP contribution is 2.28. The number of benzene rings is 1. The van der Waals surface area contributed by atoms with E-state index in [9.17, 15) is 0 Å². The fourth-order valence-electron chi connectivity index (χ4n) is 2.50.